The zero-order valence-corrected chi connectivity index (χ0v) is 16.7. The minimum atomic E-state index is -4.36. The van der Waals surface area contributed by atoms with Crippen LogP contribution in [-0.2, 0) is 15.7 Å². The highest BCUT2D eigenvalue weighted by Crippen LogP contribution is 2.49. The van der Waals surface area contributed by atoms with Crippen LogP contribution >= 0.6 is 0 Å². The second kappa shape index (κ2) is 8.63. The zero-order chi connectivity index (χ0) is 21.2. The third-order valence-electron chi connectivity index (χ3n) is 5.38. The van der Waals surface area contributed by atoms with E-state index in [1.165, 1.54) is 12.1 Å². The fourth-order valence-electron chi connectivity index (χ4n) is 3.64. The normalized spacial score (nSPS) is 22.4. The summed E-state index contributed by atoms with van der Waals surface area (Å²) in [6.07, 6.45) is -3.37. The maximum Gasteiger partial charge on any atom is 0.416 e. The Bertz CT molecular complexity index is 734. The number of alkyl halides is 3. The molecular weight excluding hydrogens is 385 g/mol. The number of hydrogen-bond acceptors (Lipinski definition) is 3. The van der Waals surface area contributed by atoms with Crippen LogP contribution in [0.5, 0.6) is 0 Å². The van der Waals surface area contributed by atoms with E-state index in [0.29, 0.717) is 45.6 Å². The summed E-state index contributed by atoms with van der Waals surface area (Å²) < 4.78 is 43.4. The molecule has 0 spiro atoms. The van der Waals surface area contributed by atoms with Crippen LogP contribution in [0.4, 0.5) is 18.0 Å². The van der Waals surface area contributed by atoms with Crippen molar-refractivity contribution in [2.45, 2.75) is 38.8 Å². The van der Waals surface area contributed by atoms with Crippen LogP contribution in [-0.4, -0.2) is 54.6 Å². The van der Waals surface area contributed by atoms with Crippen molar-refractivity contribution in [1.29, 1.82) is 0 Å². The summed E-state index contributed by atoms with van der Waals surface area (Å²) in [4.78, 5) is 28.4. The van der Waals surface area contributed by atoms with Crippen LogP contribution in [0.2, 0.25) is 0 Å². The fourth-order valence-corrected chi connectivity index (χ4v) is 3.64. The van der Waals surface area contributed by atoms with Crippen molar-refractivity contribution >= 4 is 12.0 Å². The Kier molecular flexibility index (Phi) is 6.39. The third kappa shape index (κ3) is 5.42. The number of ether oxygens (including phenoxy) is 1. The quantitative estimate of drug-likeness (QED) is 0.747. The molecule has 0 aromatic heterocycles. The maximum atomic E-state index is 12.8. The molecule has 1 aliphatic carbocycles. The van der Waals surface area contributed by atoms with E-state index in [0.717, 1.165) is 17.7 Å². The smallest absolute Gasteiger partial charge is 0.416 e. The second-order valence-corrected chi connectivity index (χ2v) is 8.21. The Balaban J connectivity index is 1.52. The maximum absolute atomic E-state index is 12.8. The summed E-state index contributed by atoms with van der Waals surface area (Å²) >= 11 is 0. The van der Waals surface area contributed by atoms with Crippen molar-refractivity contribution < 1.29 is 27.5 Å². The zero-order valence-electron chi connectivity index (χ0n) is 16.7. The van der Waals surface area contributed by atoms with Gasteiger partial charge in [-0.15, -0.1) is 0 Å². The lowest BCUT2D eigenvalue weighted by Gasteiger charge is -2.22. The van der Waals surface area contributed by atoms with Gasteiger partial charge in [-0.1, -0.05) is 26.0 Å². The first-order valence-electron chi connectivity index (χ1n) is 10.0. The molecule has 1 heterocycles. The minimum absolute atomic E-state index is 0.0206. The lowest BCUT2D eigenvalue weighted by Crippen LogP contribution is -2.38. The Morgan fingerprint density at radius 1 is 1.07 bits per heavy atom. The molecule has 2 aliphatic rings. The van der Waals surface area contributed by atoms with Gasteiger partial charge < -0.3 is 14.5 Å². The van der Waals surface area contributed by atoms with Gasteiger partial charge in [0.25, 0.3) is 0 Å². The molecule has 2 atom stereocenters. The Morgan fingerprint density at radius 2 is 1.69 bits per heavy atom. The van der Waals surface area contributed by atoms with Gasteiger partial charge in [0.2, 0.25) is 5.91 Å². The van der Waals surface area contributed by atoms with Crippen LogP contribution < -0.4 is 0 Å². The molecule has 5 nitrogen and oxygen atoms in total. The van der Waals surface area contributed by atoms with E-state index in [1.807, 2.05) is 13.8 Å². The van der Waals surface area contributed by atoms with Crippen molar-refractivity contribution in [1.82, 2.24) is 9.80 Å². The van der Waals surface area contributed by atoms with E-state index in [-0.39, 0.29) is 29.8 Å². The molecule has 1 saturated heterocycles. The molecule has 2 unspecified atom stereocenters. The van der Waals surface area contributed by atoms with Gasteiger partial charge in [0.05, 0.1) is 12.2 Å². The van der Waals surface area contributed by atoms with Gasteiger partial charge in [-0.2, -0.15) is 13.2 Å². The van der Waals surface area contributed by atoms with Crippen molar-refractivity contribution in [3.8, 4) is 0 Å². The lowest BCUT2D eigenvalue weighted by molar-refractivity contribution is -0.137. The predicted molar refractivity (Wildman–Crippen MR) is 101 cm³/mol. The summed E-state index contributed by atoms with van der Waals surface area (Å²) in [6.45, 7) is 6.31. The van der Waals surface area contributed by atoms with Gasteiger partial charge >= 0.3 is 12.3 Å². The standard InChI is InChI=1S/C21H27F3N2O3/c1-14(2)13-29-20(28)26-9-3-8-25(10-11-26)19(27)18-12-17(18)15-4-6-16(7-5-15)21(22,23)24/h4-7,14,17-18H,3,8-13H2,1-2H3. The highest BCUT2D eigenvalue weighted by atomic mass is 19.4. The molecule has 0 bridgehead atoms. The number of amides is 2. The molecule has 8 heteroatoms. The molecule has 29 heavy (non-hydrogen) atoms. The van der Waals surface area contributed by atoms with Gasteiger partial charge in [0.1, 0.15) is 0 Å². The van der Waals surface area contributed by atoms with Gasteiger partial charge in [0, 0.05) is 32.1 Å². The number of carbonyl (C=O) groups excluding carboxylic acids is 2. The van der Waals surface area contributed by atoms with Crippen LogP contribution in [0.15, 0.2) is 24.3 Å². The molecule has 1 aromatic carbocycles. The Morgan fingerprint density at radius 3 is 2.31 bits per heavy atom. The largest absolute Gasteiger partial charge is 0.449 e. The first-order chi connectivity index (χ1) is 13.7. The van der Waals surface area contributed by atoms with Gasteiger partial charge in [-0.05, 0) is 42.4 Å². The van der Waals surface area contributed by atoms with Gasteiger partial charge in [-0.3, -0.25) is 4.79 Å². The molecule has 0 radical (unpaired) electrons. The molecule has 1 aliphatic heterocycles. The van der Waals surface area contributed by atoms with Crippen LogP contribution in [0, 0.1) is 11.8 Å². The average molecular weight is 412 g/mol. The summed E-state index contributed by atoms with van der Waals surface area (Å²) in [5.74, 6) is 0.0691. The molecule has 2 fully saturated rings. The first-order valence-corrected chi connectivity index (χ1v) is 10.0. The Labute approximate surface area is 168 Å². The number of hydrogen-bond donors (Lipinski definition) is 0. The van der Waals surface area contributed by atoms with E-state index < -0.39 is 11.7 Å². The molecule has 1 aromatic rings. The van der Waals surface area contributed by atoms with Crippen LogP contribution in [0.25, 0.3) is 0 Å². The van der Waals surface area contributed by atoms with Crippen molar-refractivity contribution in [2.24, 2.45) is 11.8 Å². The molecule has 1 saturated carbocycles. The van der Waals surface area contributed by atoms with E-state index in [4.69, 9.17) is 4.74 Å². The fraction of sp³-hybridized carbons (Fsp3) is 0.619. The SMILES string of the molecule is CC(C)COC(=O)N1CCCN(C(=O)C2CC2c2ccc(C(F)(F)F)cc2)CC1. The number of carbonyl (C=O) groups is 2. The predicted octanol–water partition coefficient (Wildman–Crippen LogP) is 4.14. The minimum Gasteiger partial charge on any atom is -0.449 e. The summed E-state index contributed by atoms with van der Waals surface area (Å²) in [5.41, 5.74) is 0.0896. The van der Waals surface area contributed by atoms with Crippen molar-refractivity contribution in [3.05, 3.63) is 35.4 Å². The van der Waals surface area contributed by atoms with Crippen LogP contribution in [0.3, 0.4) is 0 Å². The van der Waals surface area contributed by atoms with E-state index in [9.17, 15) is 22.8 Å². The summed E-state index contributed by atoms with van der Waals surface area (Å²) in [6, 6.07) is 5.08. The summed E-state index contributed by atoms with van der Waals surface area (Å²) in [7, 11) is 0. The topological polar surface area (TPSA) is 49.9 Å². The van der Waals surface area contributed by atoms with Crippen molar-refractivity contribution in [2.75, 3.05) is 32.8 Å². The molecular formula is C21H27F3N2O3. The number of rotatable bonds is 4. The first kappa shape index (κ1) is 21.5. The average Bonchev–Trinajstić information content (AvgIpc) is 3.48. The van der Waals surface area contributed by atoms with E-state index in [2.05, 4.69) is 0 Å². The molecule has 3 rings (SSSR count). The van der Waals surface area contributed by atoms with Gasteiger partial charge in [-0.25, -0.2) is 4.79 Å². The lowest BCUT2D eigenvalue weighted by atomic mass is 10.1. The van der Waals surface area contributed by atoms with E-state index in [1.54, 1.807) is 9.80 Å². The number of benzene rings is 1. The Hall–Kier alpha value is -2.25. The van der Waals surface area contributed by atoms with E-state index >= 15 is 0 Å². The highest BCUT2D eigenvalue weighted by molar-refractivity contribution is 5.83. The molecule has 2 amide bonds. The van der Waals surface area contributed by atoms with Gasteiger partial charge in [0.15, 0.2) is 0 Å². The third-order valence-corrected chi connectivity index (χ3v) is 5.38. The number of halogens is 3. The monoisotopic (exact) mass is 412 g/mol. The molecule has 0 N–H and O–H groups in total. The van der Waals surface area contributed by atoms with Crippen LogP contribution in [0.1, 0.15) is 43.7 Å². The van der Waals surface area contributed by atoms with Crippen molar-refractivity contribution in [3.63, 3.8) is 0 Å². The highest BCUT2D eigenvalue weighted by Gasteiger charge is 2.46. The molecule has 160 valence electrons. The number of nitrogens with zero attached hydrogens (tertiary/aromatic N) is 2. The summed E-state index contributed by atoms with van der Waals surface area (Å²) in [5, 5.41) is 0. The second-order valence-electron chi connectivity index (χ2n) is 8.21.